The van der Waals surface area contributed by atoms with Crippen LogP contribution in [-0.2, 0) is 15.1 Å². The molecule has 3 atom stereocenters. The predicted molar refractivity (Wildman–Crippen MR) is 69.6 cm³/mol. The zero-order chi connectivity index (χ0) is 13.7. The topological polar surface area (TPSA) is 62.4 Å². The van der Waals surface area contributed by atoms with Crippen molar-refractivity contribution in [2.24, 2.45) is 10.9 Å². The van der Waals surface area contributed by atoms with E-state index < -0.39 is 23.0 Å². The molecule has 0 spiro atoms. The predicted octanol–water partition coefficient (Wildman–Crippen LogP) is 2.38. The number of fused-ring (bicyclic) bond motifs is 2. The Morgan fingerprint density at radius 1 is 1.47 bits per heavy atom. The smallest absolute Gasteiger partial charge is 0.336 e. The molecule has 3 heterocycles. The first-order valence-electron chi connectivity index (χ1n) is 5.97. The monoisotopic (exact) mass is 274 g/mol. The summed E-state index contributed by atoms with van der Waals surface area (Å²) in [5.41, 5.74) is -1.53. The molecule has 0 N–H and O–H groups in total. The Morgan fingerprint density at radius 3 is 2.79 bits per heavy atom. The van der Waals surface area contributed by atoms with Crippen LogP contribution in [0, 0.1) is 17.2 Å². The number of carbonyl (C=O) groups excluding carboxylic acids is 1. The largest absolute Gasteiger partial charge is 0.445 e. The van der Waals surface area contributed by atoms with Crippen LogP contribution < -0.4 is 0 Å². The number of ether oxygens (including phenoxy) is 1. The standard InChI is InChI=1S/C14H11ClN2O2/c1-13-10(8-16)7-14(11(15)17-13,19-12(13)18)9-5-3-2-4-6-9/h2-6,10H,7H2,1H3/t10-,13-,14+/m0/s1. The van der Waals surface area contributed by atoms with E-state index in [0.717, 1.165) is 5.56 Å². The van der Waals surface area contributed by atoms with Crippen molar-refractivity contribution in [2.75, 3.05) is 0 Å². The number of carbonyl (C=O) groups is 1. The highest BCUT2D eigenvalue weighted by Gasteiger charge is 2.62. The van der Waals surface area contributed by atoms with Gasteiger partial charge in [-0.2, -0.15) is 5.26 Å². The van der Waals surface area contributed by atoms with E-state index in [4.69, 9.17) is 16.3 Å². The lowest BCUT2D eigenvalue weighted by Gasteiger charge is -2.48. The Labute approximate surface area is 115 Å². The van der Waals surface area contributed by atoms with Crippen LogP contribution in [0.15, 0.2) is 35.3 Å². The van der Waals surface area contributed by atoms with Crippen LogP contribution in [0.1, 0.15) is 18.9 Å². The van der Waals surface area contributed by atoms with Crippen LogP contribution in [-0.4, -0.2) is 16.7 Å². The molecule has 19 heavy (non-hydrogen) atoms. The van der Waals surface area contributed by atoms with E-state index in [1.54, 1.807) is 6.92 Å². The lowest BCUT2D eigenvalue weighted by atomic mass is 9.71. The van der Waals surface area contributed by atoms with Crippen LogP contribution >= 0.6 is 11.6 Å². The van der Waals surface area contributed by atoms with E-state index in [2.05, 4.69) is 11.1 Å². The number of nitriles is 1. The number of hydrogen-bond donors (Lipinski definition) is 0. The normalized spacial score (nSPS) is 36.4. The van der Waals surface area contributed by atoms with E-state index in [1.807, 2.05) is 30.3 Å². The zero-order valence-corrected chi connectivity index (χ0v) is 11.0. The highest BCUT2D eigenvalue weighted by molar-refractivity contribution is 6.67. The fourth-order valence-corrected chi connectivity index (χ4v) is 3.05. The van der Waals surface area contributed by atoms with Crippen LogP contribution in [0.25, 0.3) is 0 Å². The van der Waals surface area contributed by atoms with Crippen molar-refractivity contribution in [1.29, 1.82) is 5.26 Å². The van der Waals surface area contributed by atoms with E-state index in [0.29, 0.717) is 6.42 Å². The third-order valence-electron chi connectivity index (χ3n) is 3.91. The quantitative estimate of drug-likeness (QED) is 0.739. The third kappa shape index (κ3) is 1.45. The molecule has 2 bridgehead atoms. The van der Waals surface area contributed by atoms with Gasteiger partial charge in [0.15, 0.2) is 16.3 Å². The maximum atomic E-state index is 12.1. The molecule has 4 rings (SSSR count). The molecule has 5 heteroatoms. The molecule has 1 aromatic carbocycles. The highest BCUT2D eigenvalue weighted by atomic mass is 35.5. The number of nitrogens with zero attached hydrogens (tertiary/aromatic N) is 2. The minimum absolute atomic E-state index is 0.243. The second-order valence-corrected chi connectivity index (χ2v) is 5.38. The lowest BCUT2D eigenvalue weighted by molar-refractivity contribution is -0.175. The van der Waals surface area contributed by atoms with Crippen molar-refractivity contribution in [3.05, 3.63) is 35.9 Å². The van der Waals surface area contributed by atoms with Crippen molar-refractivity contribution in [2.45, 2.75) is 24.5 Å². The van der Waals surface area contributed by atoms with Crippen molar-refractivity contribution >= 4 is 22.7 Å². The van der Waals surface area contributed by atoms with Crippen LogP contribution in [0.4, 0.5) is 0 Å². The molecule has 3 aliphatic heterocycles. The van der Waals surface area contributed by atoms with Gasteiger partial charge in [0.2, 0.25) is 0 Å². The van der Waals surface area contributed by atoms with Gasteiger partial charge in [-0.05, 0) is 6.92 Å². The molecule has 0 radical (unpaired) electrons. The summed E-state index contributed by atoms with van der Waals surface area (Å²) in [7, 11) is 0. The van der Waals surface area contributed by atoms with Gasteiger partial charge in [-0.1, -0.05) is 41.9 Å². The molecule has 4 nitrogen and oxygen atoms in total. The molecule has 0 amide bonds. The summed E-state index contributed by atoms with van der Waals surface area (Å²) in [5.74, 6) is -1.02. The number of aliphatic imine (C=N–C) groups is 1. The SMILES string of the molecule is C[C@]12N=C(Cl)[C@](c3ccccc3)(C[C@H]1C#N)OC2=O. The van der Waals surface area contributed by atoms with Gasteiger partial charge >= 0.3 is 5.97 Å². The first-order chi connectivity index (χ1) is 9.03. The minimum atomic E-state index is -1.18. The van der Waals surface area contributed by atoms with Gasteiger partial charge in [-0.3, -0.25) is 4.99 Å². The number of rotatable bonds is 1. The van der Waals surface area contributed by atoms with Gasteiger partial charge in [0.05, 0.1) is 12.0 Å². The Bertz CT molecular complexity index is 622. The Kier molecular flexibility index (Phi) is 2.45. The molecular formula is C14H11ClN2O2. The summed E-state index contributed by atoms with van der Waals surface area (Å²) < 4.78 is 5.55. The molecule has 0 aromatic heterocycles. The van der Waals surface area contributed by atoms with Crippen molar-refractivity contribution < 1.29 is 9.53 Å². The molecular weight excluding hydrogens is 264 g/mol. The summed E-state index contributed by atoms with van der Waals surface area (Å²) in [6, 6.07) is 11.4. The van der Waals surface area contributed by atoms with E-state index >= 15 is 0 Å². The maximum Gasteiger partial charge on any atom is 0.336 e. The average molecular weight is 275 g/mol. The van der Waals surface area contributed by atoms with Crippen molar-refractivity contribution in [1.82, 2.24) is 0 Å². The number of hydrogen-bond acceptors (Lipinski definition) is 4. The first-order valence-corrected chi connectivity index (χ1v) is 6.35. The van der Waals surface area contributed by atoms with Crippen LogP contribution in [0.5, 0.6) is 0 Å². The van der Waals surface area contributed by atoms with Gasteiger partial charge in [-0.15, -0.1) is 0 Å². The third-order valence-corrected chi connectivity index (χ3v) is 4.30. The summed E-state index contributed by atoms with van der Waals surface area (Å²) in [6.07, 6.45) is 0.345. The van der Waals surface area contributed by atoms with Crippen molar-refractivity contribution in [3.8, 4) is 6.07 Å². The van der Waals surface area contributed by atoms with Gasteiger partial charge < -0.3 is 4.74 Å². The first kappa shape index (κ1) is 12.2. The molecule has 0 unspecified atom stereocenters. The van der Waals surface area contributed by atoms with E-state index in [-0.39, 0.29) is 5.17 Å². The second-order valence-electron chi connectivity index (χ2n) is 5.02. The fourth-order valence-electron chi connectivity index (χ4n) is 2.65. The van der Waals surface area contributed by atoms with E-state index in [9.17, 15) is 10.1 Å². The molecule has 1 fully saturated rings. The lowest BCUT2D eigenvalue weighted by Crippen LogP contribution is -2.61. The Hall–Kier alpha value is -1.86. The molecule has 96 valence electrons. The molecule has 1 aromatic rings. The summed E-state index contributed by atoms with van der Waals surface area (Å²) in [6.45, 7) is 1.60. The molecule has 3 aliphatic rings. The number of esters is 1. The van der Waals surface area contributed by atoms with Gasteiger partial charge in [0.25, 0.3) is 0 Å². The van der Waals surface area contributed by atoms with Crippen molar-refractivity contribution in [3.63, 3.8) is 0 Å². The van der Waals surface area contributed by atoms with Gasteiger partial charge in [0, 0.05) is 12.0 Å². The fraction of sp³-hybridized carbons (Fsp3) is 0.357. The number of benzene rings is 1. The van der Waals surface area contributed by atoms with E-state index in [1.165, 1.54) is 0 Å². The van der Waals surface area contributed by atoms with Crippen LogP contribution in [0.3, 0.4) is 0 Å². The summed E-state index contributed by atoms with van der Waals surface area (Å²) >= 11 is 6.25. The average Bonchev–Trinajstić information content (AvgIpc) is 2.41. The van der Waals surface area contributed by atoms with Crippen LogP contribution in [0.2, 0.25) is 0 Å². The minimum Gasteiger partial charge on any atom is -0.445 e. The summed E-state index contributed by atoms with van der Waals surface area (Å²) in [5, 5.41) is 9.52. The Balaban J connectivity index is 2.21. The van der Waals surface area contributed by atoms with Gasteiger partial charge in [0.1, 0.15) is 0 Å². The van der Waals surface area contributed by atoms with Gasteiger partial charge in [-0.25, -0.2) is 4.79 Å². The maximum absolute atomic E-state index is 12.1. The Morgan fingerprint density at radius 2 is 2.16 bits per heavy atom. The zero-order valence-electron chi connectivity index (χ0n) is 10.3. The molecule has 1 saturated heterocycles. The number of halogens is 1. The summed E-state index contributed by atoms with van der Waals surface area (Å²) in [4.78, 5) is 16.4. The second kappa shape index (κ2) is 3.82. The molecule has 0 saturated carbocycles. The highest BCUT2D eigenvalue weighted by Crippen LogP contribution is 2.50. The molecule has 0 aliphatic carbocycles.